The number of anilines is 1. The molecule has 5 nitrogen and oxygen atoms in total. The molecule has 1 N–H and O–H groups in total. The van der Waals surface area contributed by atoms with Crippen molar-refractivity contribution in [3.8, 4) is 0 Å². The van der Waals surface area contributed by atoms with Gasteiger partial charge in [-0.1, -0.05) is 6.07 Å². The Kier molecular flexibility index (Phi) is 4.50. The second kappa shape index (κ2) is 6.74. The molecule has 1 aliphatic heterocycles. The zero-order valence-electron chi connectivity index (χ0n) is 12.7. The highest BCUT2D eigenvalue weighted by atomic mass is 19.2. The van der Waals surface area contributed by atoms with E-state index in [2.05, 4.69) is 10.3 Å². The number of piperidine rings is 1. The molecule has 0 unspecified atom stereocenters. The van der Waals surface area contributed by atoms with Crippen LogP contribution < -0.4 is 10.2 Å². The molecule has 2 aromatic rings. The van der Waals surface area contributed by atoms with Crippen LogP contribution in [0.5, 0.6) is 0 Å². The first-order valence-corrected chi connectivity index (χ1v) is 7.54. The number of amides is 2. The maximum absolute atomic E-state index is 13.7. The molecular formula is C17H15F2N3O2. The van der Waals surface area contributed by atoms with Crippen molar-refractivity contribution in [2.24, 2.45) is 0 Å². The Hall–Kier alpha value is -2.83. The third kappa shape index (κ3) is 3.10. The number of rotatable bonds is 3. The largest absolute Gasteiger partial charge is 0.340 e. The number of halogens is 2. The molecule has 2 heterocycles. The fourth-order valence-corrected chi connectivity index (χ4v) is 2.69. The van der Waals surface area contributed by atoms with Gasteiger partial charge >= 0.3 is 0 Å². The van der Waals surface area contributed by atoms with Crippen molar-refractivity contribution in [3.05, 3.63) is 59.9 Å². The molecule has 1 saturated heterocycles. The van der Waals surface area contributed by atoms with Gasteiger partial charge < -0.3 is 10.2 Å². The highest BCUT2D eigenvalue weighted by Crippen LogP contribution is 2.20. The lowest BCUT2D eigenvalue weighted by Gasteiger charge is -2.32. The van der Waals surface area contributed by atoms with E-state index in [1.54, 1.807) is 24.5 Å². The lowest BCUT2D eigenvalue weighted by atomic mass is 10.0. The van der Waals surface area contributed by atoms with Gasteiger partial charge in [-0.3, -0.25) is 14.6 Å². The van der Waals surface area contributed by atoms with Gasteiger partial charge in [-0.15, -0.1) is 0 Å². The molecule has 124 valence electrons. The molecule has 3 rings (SSSR count). The van der Waals surface area contributed by atoms with Gasteiger partial charge in [0.25, 0.3) is 5.91 Å². The molecule has 2 amide bonds. The van der Waals surface area contributed by atoms with Crippen molar-refractivity contribution < 1.29 is 18.4 Å². The van der Waals surface area contributed by atoms with Crippen LogP contribution in [0.1, 0.15) is 23.2 Å². The van der Waals surface area contributed by atoms with Gasteiger partial charge in [0.1, 0.15) is 6.04 Å². The maximum atomic E-state index is 13.7. The quantitative estimate of drug-likeness (QED) is 0.939. The molecule has 1 aromatic carbocycles. The molecule has 0 spiro atoms. The summed E-state index contributed by atoms with van der Waals surface area (Å²) in [5.41, 5.74) is 0.222. The predicted octanol–water partition coefficient (Wildman–Crippen LogP) is 2.29. The van der Waals surface area contributed by atoms with E-state index in [0.717, 1.165) is 6.07 Å². The van der Waals surface area contributed by atoms with E-state index in [4.69, 9.17) is 0 Å². The normalized spacial score (nSPS) is 17.7. The Morgan fingerprint density at radius 2 is 2.08 bits per heavy atom. The minimum Gasteiger partial charge on any atom is -0.340 e. The van der Waals surface area contributed by atoms with Crippen molar-refractivity contribution in [2.45, 2.75) is 18.9 Å². The van der Waals surface area contributed by atoms with Crippen LogP contribution in [0, 0.1) is 11.6 Å². The molecule has 1 fully saturated rings. The summed E-state index contributed by atoms with van der Waals surface area (Å²) in [7, 11) is 0. The third-order valence-corrected chi connectivity index (χ3v) is 3.90. The highest BCUT2D eigenvalue weighted by Gasteiger charge is 2.31. The SMILES string of the molecule is O=C(N[C@H]1CCCN(c2cccnc2)C1=O)c1cccc(F)c1F. The lowest BCUT2D eigenvalue weighted by Crippen LogP contribution is -2.52. The standard InChI is InChI=1S/C17H15F2N3O2/c18-13-6-1-5-12(15(13)19)16(23)21-14-7-3-9-22(17(14)24)11-4-2-8-20-10-11/h1-2,4-6,8,10,14H,3,7,9H2,(H,21,23)/t14-/m0/s1. The van der Waals surface area contributed by atoms with Gasteiger partial charge in [-0.05, 0) is 37.1 Å². The number of pyridine rings is 1. The number of nitrogens with one attached hydrogen (secondary N) is 1. The summed E-state index contributed by atoms with van der Waals surface area (Å²) in [6.45, 7) is 0.519. The van der Waals surface area contributed by atoms with E-state index in [9.17, 15) is 18.4 Å². The Labute approximate surface area is 137 Å². The molecule has 1 atom stereocenters. The van der Waals surface area contributed by atoms with Crippen molar-refractivity contribution in [2.75, 3.05) is 11.4 Å². The summed E-state index contributed by atoms with van der Waals surface area (Å²) < 4.78 is 26.9. The summed E-state index contributed by atoms with van der Waals surface area (Å²) in [5, 5.41) is 2.50. The van der Waals surface area contributed by atoms with Crippen LogP contribution in [0.15, 0.2) is 42.7 Å². The molecular weight excluding hydrogens is 316 g/mol. The zero-order chi connectivity index (χ0) is 17.1. The molecule has 0 aliphatic carbocycles. The third-order valence-electron chi connectivity index (χ3n) is 3.90. The van der Waals surface area contributed by atoms with Crippen molar-refractivity contribution in [3.63, 3.8) is 0 Å². The monoisotopic (exact) mass is 331 g/mol. The van der Waals surface area contributed by atoms with E-state index in [1.165, 1.54) is 17.0 Å². The topological polar surface area (TPSA) is 62.3 Å². The average Bonchev–Trinajstić information content (AvgIpc) is 2.60. The Morgan fingerprint density at radius 1 is 1.25 bits per heavy atom. The minimum atomic E-state index is -1.22. The number of hydrogen-bond donors (Lipinski definition) is 1. The molecule has 24 heavy (non-hydrogen) atoms. The van der Waals surface area contributed by atoms with Crippen molar-refractivity contribution in [1.82, 2.24) is 10.3 Å². The summed E-state index contributed by atoms with van der Waals surface area (Å²) in [4.78, 5) is 30.2. The number of hydrogen-bond acceptors (Lipinski definition) is 3. The minimum absolute atomic E-state index is 0.292. The first kappa shape index (κ1) is 16.0. The lowest BCUT2D eigenvalue weighted by molar-refractivity contribution is -0.121. The van der Waals surface area contributed by atoms with E-state index in [-0.39, 0.29) is 5.91 Å². The molecule has 7 heteroatoms. The average molecular weight is 331 g/mol. The summed E-state index contributed by atoms with van der Waals surface area (Å²) in [5.74, 6) is -3.42. The molecule has 1 aromatic heterocycles. The van der Waals surface area contributed by atoms with E-state index in [0.29, 0.717) is 25.1 Å². The van der Waals surface area contributed by atoms with Gasteiger partial charge in [-0.2, -0.15) is 0 Å². The fraction of sp³-hybridized carbons (Fsp3) is 0.235. The van der Waals surface area contributed by atoms with Crippen LogP contribution in [-0.2, 0) is 4.79 Å². The summed E-state index contributed by atoms with van der Waals surface area (Å²) in [6, 6.07) is 6.04. The van der Waals surface area contributed by atoms with Crippen LogP contribution in [0.3, 0.4) is 0 Å². The Bertz CT molecular complexity index is 768. The predicted molar refractivity (Wildman–Crippen MR) is 83.4 cm³/mol. The second-order valence-corrected chi connectivity index (χ2v) is 5.47. The smallest absolute Gasteiger partial charge is 0.255 e. The van der Waals surface area contributed by atoms with Crippen LogP contribution in [0.25, 0.3) is 0 Å². The molecule has 0 bridgehead atoms. The first-order chi connectivity index (χ1) is 11.6. The number of carbonyl (C=O) groups is 2. The van der Waals surface area contributed by atoms with Crippen LogP contribution in [-0.4, -0.2) is 29.4 Å². The van der Waals surface area contributed by atoms with Crippen LogP contribution in [0.4, 0.5) is 14.5 Å². The van der Waals surface area contributed by atoms with Gasteiger partial charge in [-0.25, -0.2) is 8.78 Å². The van der Waals surface area contributed by atoms with E-state index < -0.39 is 29.1 Å². The number of aromatic nitrogens is 1. The summed E-state index contributed by atoms with van der Waals surface area (Å²) >= 11 is 0. The van der Waals surface area contributed by atoms with Crippen molar-refractivity contribution in [1.29, 1.82) is 0 Å². The fourth-order valence-electron chi connectivity index (χ4n) is 2.69. The summed E-state index contributed by atoms with van der Waals surface area (Å²) in [6.07, 6.45) is 4.29. The zero-order valence-corrected chi connectivity index (χ0v) is 12.7. The number of benzene rings is 1. The van der Waals surface area contributed by atoms with Crippen LogP contribution >= 0.6 is 0 Å². The van der Waals surface area contributed by atoms with Crippen LogP contribution in [0.2, 0.25) is 0 Å². The molecule has 0 saturated carbocycles. The Balaban J connectivity index is 1.76. The van der Waals surface area contributed by atoms with E-state index in [1.807, 2.05) is 0 Å². The second-order valence-electron chi connectivity index (χ2n) is 5.47. The number of carbonyl (C=O) groups excluding carboxylic acids is 2. The maximum Gasteiger partial charge on any atom is 0.255 e. The highest BCUT2D eigenvalue weighted by molar-refractivity contribution is 6.02. The Morgan fingerprint density at radius 3 is 2.83 bits per heavy atom. The van der Waals surface area contributed by atoms with Crippen molar-refractivity contribution >= 4 is 17.5 Å². The van der Waals surface area contributed by atoms with E-state index >= 15 is 0 Å². The first-order valence-electron chi connectivity index (χ1n) is 7.54. The molecule has 1 aliphatic rings. The number of nitrogens with zero attached hydrogens (tertiary/aromatic N) is 2. The van der Waals surface area contributed by atoms with Gasteiger partial charge in [0.05, 0.1) is 17.4 Å². The van der Waals surface area contributed by atoms with Gasteiger partial charge in [0.15, 0.2) is 11.6 Å². The van der Waals surface area contributed by atoms with Gasteiger partial charge in [0, 0.05) is 12.7 Å². The molecule has 0 radical (unpaired) electrons. The van der Waals surface area contributed by atoms with Gasteiger partial charge in [0.2, 0.25) is 5.91 Å².